The average molecular weight is 313 g/mol. The minimum absolute atomic E-state index is 0.140. The molecule has 1 aliphatic rings. The van der Waals surface area contributed by atoms with Gasteiger partial charge in [0.25, 0.3) is 0 Å². The summed E-state index contributed by atoms with van der Waals surface area (Å²) >= 11 is 0. The molecule has 2 aromatic rings. The Morgan fingerprint density at radius 1 is 1.09 bits per heavy atom. The number of rotatable bonds is 3. The summed E-state index contributed by atoms with van der Waals surface area (Å²) in [6, 6.07) is 12.6. The second kappa shape index (κ2) is 6.20. The van der Waals surface area contributed by atoms with Crippen molar-refractivity contribution in [2.45, 2.75) is 25.4 Å². The molecule has 2 aromatic carbocycles. The molecule has 118 valence electrons. The second-order valence-corrected chi connectivity index (χ2v) is 5.62. The zero-order valence-corrected chi connectivity index (χ0v) is 12.4. The van der Waals surface area contributed by atoms with Crippen LogP contribution in [-0.4, -0.2) is 27.9 Å². The molecule has 1 atom stereocenters. The van der Waals surface area contributed by atoms with Crippen LogP contribution in [0.4, 0.5) is 4.39 Å². The maximum absolute atomic E-state index is 13.7. The molecule has 23 heavy (non-hydrogen) atoms. The highest BCUT2D eigenvalue weighted by molar-refractivity contribution is 5.85. The normalized spacial score (nSPS) is 16.7. The Morgan fingerprint density at radius 3 is 2.43 bits per heavy atom. The molecule has 0 radical (unpaired) electrons. The predicted molar refractivity (Wildman–Crippen MR) is 82.2 cm³/mol. The minimum Gasteiger partial charge on any atom is -0.480 e. The number of carbonyl (C=O) groups is 2. The zero-order valence-electron chi connectivity index (χ0n) is 12.4. The van der Waals surface area contributed by atoms with Crippen molar-refractivity contribution in [3.63, 3.8) is 0 Å². The SMILES string of the molecule is O=C(O)[C@H]1Cc2ccccc2CN1C(=O)Cc1ccccc1F. The van der Waals surface area contributed by atoms with Gasteiger partial charge in [0, 0.05) is 13.0 Å². The Balaban J connectivity index is 1.86. The van der Waals surface area contributed by atoms with Crippen LogP contribution in [0, 0.1) is 5.82 Å². The molecule has 0 aromatic heterocycles. The lowest BCUT2D eigenvalue weighted by molar-refractivity contribution is -0.151. The van der Waals surface area contributed by atoms with Crippen LogP contribution >= 0.6 is 0 Å². The molecule has 0 aliphatic carbocycles. The Kier molecular flexibility index (Phi) is 4.10. The second-order valence-electron chi connectivity index (χ2n) is 5.62. The van der Waals surface area contributed by atoms with Gasteiger partial charge in [0.15, 0.2) is 0 Å². The number of nitrogens with zero attached hydrogens (tertiary/aromatic N) is 1. The van der Waals surface area contributed by atoms with E-state index in [4.69, 9.17) is 0 Å². The summed E-state index contributed by atoms with van der Waals surface area (Å²) in [5.74, 6) is -1.87. The lowest BCUT2D eigenvalue weighted by atomic mass is 9.93. The first kappa shape index (κ1) is 15.2. The Hall–Kier alpha value is -2.69. The van der Waals surface area contributed by atoms with Gasteiger partial charge >= 0.3 is 5.97 Å². The van der Waals surface area contributed by atoms with Gasteiger partial charge in [-0.15, -0.1) is 0 Å². The molecule has 0 unspecified atom stereocenters. The van der Waals surface area contributed by atoms with Gasteiger partial charge in [0.1, 0.15) is 11.9 Å². The molecule has 4 nitrogen and oxygen atoms in total. The molecule has 5 heteroatoms. The van der Waals surface area contributed by atoms with Crippen molar-refractivity contribution in [2.75, 3.05) is 0 Å². The van der Waals surface area contributed by atoms with Crippen molar-refractivity contribution in [3.8, 4) is 0 Å². The lowest BCUT2D eigenvalue weighted by Gasteiger charge is -2.34. The third kappa shape index (κ3) is 3.08. The fourth-order valence-electron chi connectivity index (χ4n) is 2.91. The van der Waals surface area contributed by atoms with Gasteiger partial charge in [-0.2, -0.15) is 0 Å². The first-order valence-electron chi connectivity index (χ1n) is 7.38. The quantitative estimate of drug-likeness (QED) is 0.946. The van der Waals surface area contributed by atoms with E-state index < -0.39 is 17.8 Å². The largest absolute Gasteiger partial charge is 0.480 e. The van der Waals surface area contributed by atoms with Gasteiger partial charge in [0.05, 0.1) is 6.42 Å². The van der Waals surface area contributed by atoms with Crippen LogP contribution in [0.15, 0.2) is 48.5 Å². The fourth-order valence-corrected chi connectivity index (χ4v) is 2.91. The van der Waals surface area contributed by atoms with E-state index in [0.717, 1.165) is 11.1 Å². The number of benzene rings is 2. The number of hydrogen-bond acceptors (Lipinski definition) is 2. The molecule has 0 saturated carbocycles. The predicted octanol–water partition coefficient (Wildman–Crippen LogP) is 2.41. The highest BCUT2D eigenvalue weighted by atomic mass is 19.1. The summed E-state index contributed by atoms with van der Waals surface area (Å²) in [7, 11) is 0. The van der Waals surface area contributed by atoms with Crippen molar-refractivity contribution in [1.82, 2.24) is 4.90 Å². The van der Waals surface area contributed by atoms with Crippen molar-refractivity contribution in [1.29, 1.82) is 0 Å². The van der Waals surface area contributed by atoms with Crippen LogP contribution in [-0.2, 0) is 29.0 Å². The highest BCUT2D eigenvalue weighted by Crippen LogP contribution is 2.24. The van der Waals surface area contributed by atoms with Gasteiger partial charge < -0.3 is 10.0 Å². The number of amides is 1. The van der Waals surface area contributed by atoms with E-state index in [1.54, 1.807) is 18.2 Å². The third-order valence-electron chi connectivity index (χ3n) is 4.15. The van der Waals surface area contributed by atoms with E-state index in [9.17, 15) is 19.1 Å². The molecule has 1 aliphatic heterocycles. The maximum Gasteiger partial charge on any atom is 0.326 e. The van der Waals surface area contributed by atoms with E-state index in [0.29, 0.717) is 0 Å². The summed E-state index contributed by atoms with van der Waals surface area (Å²) in [6.45, 7) is 0.237. The number of carbonyl (C=O) groups excluding carboxylic acids is 1. The summed E-state index contributed by atoms with van der Waals surface area (Å²) in [5.41, 5.74) is 2.15. The van der Waals surface area contributed by atoms with Crippen molar-refractivity contribution in [3.05, 3.63) is 71.0 Å². The number of aliphatic carboxylic acids is 1. The molecule has 1 N–H and O–H groups in total. The summed E-state index contributed by atoms with van der Waals surface area (Å²) in [4.78, 5) is 25.4. The number of carboxylic acid groups (broad SMARTS) is 1. The van der Waals surface area contributed by atoms with Crippen LogP contribution in [0.2, 0.25) is 0 Å². The molecule has 1 heterocycles. The van der Waals surface area contributed by atoms with Crippen molar-refractivity contribution >= 4 is 11.9 Å². The highest BCUT2D eigenvalue weighted by Gasteiger charge is 2.34. The Bertz CT molecular complexity index is 759. The number of fused-ring (bicyclic) bond motifs is 1. The summed E-state index contributed by atoms with van der Waals surface area (Å²) < 4.78 is 13.7. The molecule has 0 bridgehead atoms. The molecular formula is C18H16FNO3. The van der Waals surface area contributed by atoms with Gasteiger partial charge in [0.2, 0.25) is 5.91 Å². The number of carboxylic acids is 1. The number of hydrogen-bond donors (Lipinski definition) is 1. The zero-order chi connectivity index (χ0) is 16.4. The monoisotopic (exact) mass is 313 g/mol. The van der Waals surface area contributed by atoms with E-state index in [-0.39, 0.29) is 30.9 Å². The summed E-state index contributed by atoms with van der Waals surface area (Å²) in [6.07, 6.45) is 0.132. The van der Waals surface area contributed by atoms with Crippen molar-refractivity contribution < 1.29 is 19.1 Å². The van der Waals surface area contributed by atoms with Crippen LogP contribution in [0.5, 0.6) is 0 Å². The van der Waals surface area contributed by atoms with E-state index in [2.05, 4.69) is 0 Å². The smallest absolute Gasteiger partial charge is 0.326 e. The lowest BCUT2D eigenvalue weighted by Crippen LogP contribution is -2.49. The van der Waals surface area contributed by atoms with E-state index in [1.165, 1.54) is 11.0 Å². The first-order valence-corrected chi connectivity index (χ1v) is 7.38. The molecule has 0 spiro atoms. The van der Waals surface area contributed by atoms with Gasteiger partial charge in [-0.1, -0.05) is 42.5 Å². The molecular weight excluding hydrogens is 297 g/mol. The summed E-state index contributed by atoms with van der Waals surface area (Å²) in [5, 5.41) is 9.44. The van der Waals surface area contributed by atoms with Gasteiger partial charge in [-0.25, -0.2) is 9.18 Å². The van der Waals surface area contributed by atoms with Crippen molar-refractivity contribution in [2.24, 2.45) is 0 Å². The molecule has 0 saturated heterocycles. The molecule has 0 fully saturated rings. The first-order chi connectivity index (χ1) is 11.1. The van der Waals surface area contributed by atoms with Crippen LogP contribution < -0.4 is 0 Å². The van der Waals surface area contributed by atoms with Gasteiger partial charge in [-0.3, -0.25) is 4.79 Å². The maximum atomic E-state index is 13.7. The average Bonchev–Trinajstić information content (AvgIpc) is 2.55. The minimum atomic E-state index is -1.04. The van der Waals surface area contributed by atoms with Crippen LogP contribution in [0.25, 0.3) is 0 Å². The Labute approximate surface area is 133 Å². The standard InChI is InChI=1S/C18H16FNO3/c19-15-8-4-3-6-13(15)10-17(21)20-11-14-7-2-1-5-12(14)9-16(20)18(22)23/h1-8,16H,9-11H2,(H,22,23)/t16-/m1/s1. The van der Waals surface area contributed by atoms with E-state index in [1.807, 2.05) is 24.3 Å². The number of halogens is 1. The molecule has 1 amide bonds. The third-order valence-corrected chi connectivity index (χ3v) is 4.15. The Morgan fingerprint density at radius 2 is 1.74 bits per heavy atom. The fraction of sp³-hybridized carbons (Fsp3) is 0.222. The van der Waals surface area contributed by atoms with Gasteiger partial charge in [-0.05, 0) is 22.8 Å². The van der Waals surface area contributed by atoms with Crippen LogP contribution in [0.1, 0.15) is 16.7 Å². The van der Waals surface area contributed by atoms with Crippen LogP contribution in [0.3, 0.4) is 0 Å². The van der Waals surface area contributed by atoms with E-state index >= 15 is 0 Å². The molecule has 3 rings (SSSR count). The topological polar surface area (TPSA) is 57.6 Å².